The van der Waals surface area contributed by atoms with E-state index in [-0.39, 0.29) is 6.10 Å². The summed E-state index contributed by atoms with van der Waals surface area (Å²) in [5, 5.41) is 0. The van der Waals surface area contributed by atoms with Gasteiger partial charge in [-0.2, -0.15) is 0 Å². The summed E-state index contributed by atoms with van der Waals surface area (Å²) in [5.41, 5.74) is 2.82. The van der Waals surface area contributed by atoms with Crippen molar-refractivity contribution >= 4 is 27.0 Å². The largest absolute Gasteiger partial charge is 0.482 e. The summed E-state index contributed by atoms with van der Waals surface area (Å²) < 4.78 is 14.6. The van der Waals surface area contributed by atoms with E-state index >= 15 is 0 Å². The van der Waals surface area contributed by atoms with E-state index in [9.17, 15) is 0 Å². The molecule has 1 atom stereocenters. The summed E-state index contributed by atoms with van der Waals surface area (Å²) in [7, 11) is 0. The predicted molar refractivity (Wildman–Crippen MR) is 90.6 cm³/mol. The van der Waals surface area contributed by atoms with Crippen LogP contribution in [0.3, 0.4) is 0 Å². The SMILES string of the molecule is C[C@@H](Oc1cc(Br)cc2ncn(C3COC3)c12)c1ccccn1. The Kier molecular flexibility index (Phi) is 3.79. The number of fused-ring (bicyclic) bond motifs is 1. The quantitative estimate of drug-likeness (QED) is 0.695. The van der Waals surface area contributed by atoms with Gasteiger partial charge in [-0.05, 0) is 31.2 Å². The number of ether oxygens (including phenoxy) is 2. The molecule has 0 saturated carbocycles. The lowest BCUT2D eigenvalue weighted by atomic mass is 10.2. The van der Waals surface area contributed by atoms with Crippen molar-refractivity contribution in [1.29, 1.82) is 0 Å². The van der Waals surface area contributed by atoms with Crippen molar-refractivity contribution in [3.63, 3.8) is 0 Å². The van der Waals surface area contributed by atoms with Gasteiger partial charge in [0.15, 0.2) is 0 Å². The van der Waals surface area contributed by atoms with Crippen molar-refractivity contribution in [3.8, 4) is 5.75 Å². The van der Waals surface area contributed by atoms with E-state index in [0.29, 0.717) is 6.04 Å². The van der Waals surface area contributed by atoms with Crippen LogP contribution in [0, 0.1) is 0 Å². The predicted octanol–water partition coefficient (Wildman–Crippen LogP) is 3.91. The summed E-state index contributed by atoms with van der Waals surface area (Å²) in [6.45, 7) is 3.44. The van der Waals surface area contributed by atoms with Crippen molar-refractivity contribution in [2.75, 3.05) is 13.2 Å². The molecule has 1 aliphatic rings. The van der Waals surface area contributed by atoms with E-state index in [1.807, 2.05) is 43.6 Å². The molecular formula is C17H16BrN3O2. The fourth-order valence-corrected chi connectivity index (χ4v) is 3.14. The lowest BCUT2D eigenvalue weighted by Gasteiger charge is -2.28. The van der Waals surface area contributed by atoms with Gasteiger partial charge in [-0.3, -0.25) is 4.98 Å². The van der Waals surface area contributed by atoms with E-state index in [4.69, 9.17) is 9.47 Å². The Bertz CT molecular complexity index is 830. The van der Waals surface area contributed by atoms with Gasteiger partial charge in [0.25, 0.3) is 0 Å². The van der Waals surface area contributed by atoms with Crippen molar-refractivity contribution in [2.24, 2.45) is 0 Å². The smallest absolute Gasteiger partial charge is 0.147 e. The van der Waals surface area contributed by atoms with E-state index < -0.39 is 0 Å². The molecule has 1 fully saturated rings. The Morgan fingerprint density at radius 3 is 2.87 bits per heavy atom. The molecule has 1 aromatic carbocycles. The first-order chi connectivity index (χ1) is 11.2. The highest BCUT2D eigenvalue weighted by molar-refractivity contribution is 9.10. The average Bonchev–Trinajstić information content (AvgIpc) is 2.90. The van der Waals surface area contributed by atoms with Gasteiger partial charge in [-0.1, -0.05) is 22.0 Å². The van der Waals surface area contributed by atoms with Crippen LogP contribution in [-0.4, -0.2) is 27.7 Å². The maximum absolute atomic E-state index is 6.22. The molecule has 23 heavy (non-hydrogen) atoms. The molecule has 4 rings (SSSR count). The normalized spacial score (nSPS) is 16.3. The number of halogens is 1. The van der Waals surface area contributed by atoms with Gasteiger partial charge in [0.1, 0.15) is 17.4 Å². The minimum Gasteiger partial charge on any atom is -0.482 e. The number of pyridine rings is 1. The van der Waals surface area contributed by atoms with Gasteiger partial charge in [-0.25, -0.2) is 4.98 Å². The molecule has 0 amide bonds. The second-order valence-corrected chi connectivity index (χ2v) is 6.55. The molecule has 3 aromatic rings. The molecule has 5 nitrogen and oxygen atoms in total. The van der Waals surface area contributed by atoms with Crippen LogP contribution >= 0.6 is 15.9 Å². The van der Waals surface area contributed by atoms with E-state index in [0.717, 1.165) is 40.2 Å². The van der Waals surface area contributed by atoms with Crippen molar-refractivity contribution < 1.29 is 9.47 Å². The lowest BCUT2D eigenvalue weighted by Crippen LogP contribution is -2.30. The fourth-order valence-electron chi connectivity index (χ4n) is 2.72. The first kappa shape index (κ1) is 14.7. The summed E-state index contributed by atoms with van der Waals surface area (Å²) in [6, 6.07) is 10.2. The van der Waals surface area contributed by atoms with E-state index in [1.54, 1.807) is 6.20 Å². The molecule has 3 heterocycles. The zero-order valence-electron chi connectivity index (χ0n) is 12.6. The Morgan fingerprint density at radius 1 is 1.30 bits per heavy atom. The molecule has 0 N–H and O–H groups in total. The molecule has 0 bridgehead atoms. The van der Waals surface area contributed by atoms with Gasteiger partial charge in [0.2, 0.25) is 0 Å². The Morgan fingerprint density at radius 2 is 2.17 bits per heavy atom. The third-order valence-corrected chi connectivity index (χ3v) is 4.48. The molecule has 1 saturated heterocycles. The second-order valence-electron chi connectivity index (χ2n) is 5.63. The highest BCUT2D eigenvalue weighted by atomic mass is 79.9. The van der Waals surface area contributed by atoms with Gasteiger partial charge in [-0.15, -0.1) is 0 Å². The minimum atomic E-state index is -0.144. The maximum atomic E-state index is 6.22. The Labute approximate surface area is 142 Å². The van der Waals surface area contributed by atoms with Crippen LogP contribution in [0.25, 0.3) is 11.0 Å². The van der Waals surface area contributed by atoms with E-state index in [1.165, 1.54) is 0 Å². The molecule has 2 aromatic heterocycles. The van der Waals surface area contributed by atoms with Gasteiger partial charge < -0.3 is 14.0 Å². The summed E-state index contributed by atoms with van der Waals surface area (Å²) in [4.78, 5) is 8.88. The molecule has 0 unspecified atom stereocenters. The minimum absolute atomic E-state index is 0.144. The summed E-state index contributed by atoms with van der Waals surface area (Å²) in [6.07, 6.45) is 3.50. The molecule has 6 heteroatoms. The molecular weight excluding hydrogens is 358 g/mol. The number of nitrogens with zero attached hydrogens (tertiary/aromatic N) is 3. The molecule has 1 aliphatic heterocycles. The Hall–Kier alpha value is -1.92. The highest BCUT2D eigenvalue weighted by Gasteiger charge is 2.24. The van der Waals surface area contributed by atoms with E-state index in [2.05, 4.69) is 30.5 Å². The third kappa shape index (κ3) is 2.72. The third-order valence-electron chi connectivity index (χ3n) is 4.02. The van der Waals surface area contributed by atoms with Crippen LogP contribution in [0.5, 0.6) is 5.75 Å². The van der Waals surface area contributed by atoms with Crippen LogP contribution in [0.1, 0.15) is 24.8 Å². The lowest BCUT2D eigenvalue weighted by molar-refractivity contribution is -0.0217. The van der Waals surface area contributed by atoms with Crippen molar-refractivity contribution in [1.82, 2.24) is 14.5 Å². The average molecular weight is 374 g/mol. The first-order valence-electron chi connectivity index (χ1n) is 7.54. The number of imidazole rings is 1. The Balaban J connectivity index is 1.74. The zero-order valence-corrected chi connectivity index (χ0v) is 14.2. The van der Waals surface area contributed by atoms with Crippen molar-refractivity contribution in [2.45, 2.75) is 19.1 Å². The topological polar surface area (TPSA) is 49.2 Å². The maximum Gasteiger partial charge on any atom is 0.147 e. The van der Waals surface area contributed by atoms with Crippen LogP contribution in [0.4, 0.5) is 0 Å². The summed E-state index contributed by atoms with van der Waals surface area (Å²) >= 11 is 3.54. The van der Waals surface area contributed by atoms with Gasteiger partial charge >= 0.3 is 0 Å². The van der Waals surface area contributed by atoms with Crippen LogP contribution in [0.2, 0.25) is 0 Å². The molecule has 118 valence electrons. The number of hydrogen-bond acceptors (Lipinski definition) is 4. The van der Waals surface area contributed by atoms with Crippen LogP contribution in [0.15, 0.2) is 47.3 Å². The molecule has 0 spiro atoms. The second kappa shape index (κ2) is 5.94. The first-order valence-corrected chi connectivity index (χ1v) is 8.33. The number of hydrogen-bond donors (Lipinski definition) is 0. The van der Waals surface area contributed by atoms with Crippen LogP contribution < -0.4 is 4.74 Å². The van der Waals surface area contributed by atoms with Crippen molar-refractivity contribution in [3.05, 3.63) is 53.0 Å². The fraction of sp³-hybridized carbons (Fsp3) is 0.294. The van der Waals surface area contributed by atoms with Crippen LogP contribution in [-0.2, 0) is 4.74 Å². The standard InChI is InChI=1S/C17H16BrN3O2/c1-11(14-4-2-3-5-19-14)23-16-7-12(18)6-15-17(16)21(10-20-15)13-8-22-9-13/h2-7,10-11,13H,8-9H2,1H3/t11-/m1/s1. The zero-order chi connectivity index (χ0) is 15.8. The summed E-state index contributed by atoms with van der Waals surface area (Å²) in [5.74, 6) is 0.803. The number of rotatable bonds is 4. The van der Waals surface area contributed by atoms with Gasteiger partial charge in [0.05, 0.1) is 36.8 Å². The number of aromatic nitrogens is 3. The molecule has 0 radical (unpaired) electrons. The highest BCUT2D eigenvalue weighted by Crippen LogP contribution is 2.35. The van der Waals surface area contributed by atoms with Gasteiger partial charge in [0, 0.05) is 10.7 Å². The number of benzene rings is 1. The monoisotopic (exact) mass is 373 g/mol. The molecule has 0 aliphatic carbocycles.